The van der Waals surface area contributed by atoms with E-state index in [1.54, 1.807) is 13.8 Å². The van der Waals surface area contributed by atoms with Gasteiger partial charge >= 0.3 is 0 Å². The van der Waals surface area contributed by atoms with Gasteiger partial charge in [-0.15, -0.1) is 0 Å². The van der Waals surface area contributed by atoms with E-state index >= 15 is 0 Å². The molecule has 0 aliphatic carbocycles. The van der Waals surface area contributed by atoms with Crippen LogP contribution in [0.25, 0.3) is 0 Å². The van der Waals surface area contributed by atoms with Crippen molar-refractivity contribution in [2.75, 3.05) is 6.54 Å². The van der Waals surface area contributed by atoms with Crippen molar-refractivity contribution < 1.29 is 13.5 Å². The summed E-state index contributed by atoms with van der Waals surface area (Å²) in [6.07, 6.45) is 1.09. The van der Waals surface area contributed by atoms with Crippen LogP contribution in [-0.2, 0) is 10.0 Å². The smallest absolute Gasteiger partial charge is 0.244 e. The van der Waals surface area contributed by atoms with E-state index in [0.717, 1.165) is 0 Å². The molecule has 15 heavy (non-hydrogen) atoms. The quantitative estimate of drug-likeness (QED) is 0.654. The van der Waals surface area contributed by atoms with E-state index in [4.69, 9.17) is 0 Å². The van der Waals surface area contributed by atoms with Crippen LogP contribution < -0.4 is 4.72 Å². The maximum Gasteiger partial charge on any atom is 0.244 e. The van der Waals surface area contributed by atoms with E-state index in [1.165, 1.54) is 6.20 Å². The molecule has 0 fully saturated rings. The topological polar surface area (TPSA) is 95.1 Å². The lowest BCUT2D eigenvalue weighted by atomic mass is 10.3. The molecule has 1 aromatic heterocycles. The molecule has 86 valence electrons. The number of aromatic nitrogens is 2. The summed E-state index contributed by atoms with van der Waals surface area (Å²) in [7, 11) is -3.56. The third-order valence-electron chi connectivity index (χ3n) is 2.05. The number of aliphatic hydroxyl groups is 1. The Morgan fingerprint density at radius 1 is 1.67 bits per heavy atom. The molecule has 0 aliphatic heterocycles. The summed E-state index contributed by atoms with van der Waals surface area (Å²) >= 11 is 0. The molecular weight excluding hydrogens is 218 g/mol. The van der Waals surface area contributed by atoms with Gasteiger partial charge in [-0.3, -0.25) is 5.10 Å². The van der Waals surface area contributed by atoms with E-state index in [1.807, 2.05) is 0 Å². The minimum atomic E-state index is -3.56. The number of sulfonamides is 1. The van der Waals surface area contributed by atoms with Gasteiger partial charge in [-0.25, -0.2) is 13.1 Å². The number of aromatic amines is 1. The van der Waals surface area contributed by atoms with Crippen LogP contribution in [0.4, 0.5) is 0 Å². The first kappa shape index (κ1) is 12.2. The van der Waals surface area contributed by atoms with Crippen molar-refractivity contribution in [3.05, 3.63) is 11.9 Å². The van der Waals surface area contributed by atoms with Crippen molar-refractivity contribution in [1.82, 2.24) is 14.9 Å². The summed E-state index contributed by atoms with van der Waals surface area (Å²) < 4.78 is 25.6. The zero-order chi connectivity index (χ0) is 11.5. The number of hydrogen-bond donors (Lipinski definition) is 3. The number of rotatable bonds is 5. The van der Waals surface area contributed by atoms with Gasteiger partial charge in [0, 0.05) is 6.54 Å². The van der Waals surface area contributed by atoms with Gasteiger partial charge in [-0.05, 0) is 13.3 Å². The number of aryl methyl sites for hydroxylation is 1. The summed E-state index contributed by atoms with van der Waals surface area (Å²) in [4.78, 5) is 0.116. The van der Waals surface area contributed by atoms with Crippen molar-refractivity contribution in [2.45, 2.75) is 31.3 Å². The lowest BCUT2D eigenvalue weighted by Crippen LogP contribution is -2.31. The minimum Gasteiger partial charge on any atom is -0.392 e. The molecule has 0 spiro atoms. The van der Waals surface area contributed by atoms with E-state index < -0.39 is 16.1 Å². The second-order valence-corrected chi connectivity index (χ2v) is 5.01. The Hall–Kier alpha value is -0.920. The minimum absolute atomic E-state index is 0.0173. The zero-order valence-corrected chi connectivity index (χ0v) is 9.50. The molecule has 1 unspecified atom stereocenters. The average molecular weight is 233 g/mol. The highest BCUT2D eigenvalue weighted by molar-refractivity contribution is 7.89. The van der Waals surface area contributed by atoms with E-state index in [0.29, 0.717) is 12.1 Å². The molecule has 0 aliphatic rings. The molecule has 7 heteroatoms. The van der Waals surface area contributed by atoms with Gasteiger partial charge < -0.3 is 5.11 Å². The molecule has 3 N–H and O–H groups in total. The van der Waals surface area contributed by atoms with Crippen LogP contribution in [0.1, 0.15) is 19.0 Å². The van der Waals surface area contributed by atoms with Gasteiger partial charge in [0.2, 0.25) is 10.0 Å². The summed E-state index contributed by atoms with van der Waals surface area (Å²) in [5.41, 5.74) is 0.480. The third-order valence-corrected chi connectivity index (χ3v) is 3.59. The summed E-state index contributed by atoms with van der Waals surface area (Å²) in [6.45, 7) is 3.42. The van der Waals surface area contributed by atoms with Crippen LogP contribution in [0.2, 0.25) is 0 Å². The standard InChI is InChI=1S/C8H15N3O3S/c1-3-7(12)4-10-15(13,14)8-5-9-11-6(8)2/h5,7,10,12H,3-4H2,1-2H3,(H,9,11). The van der Waals surface area contributed by atoms with Gasteiger partial charge in [-0.1, -0.05) is 6.92 Å². The van der Waals surface area contributed by atoms with Gasteiger partial charge in [0.25, 0.3) is 0 Å². The predicted molar refractivity (Wildman–Crippen MR) is 54.8 cm³/mol. The molecule has 0 saturated heterocycles. The Bertz CT molecular complexity index is 413. The van der Waals surface area contributed by atoms with E-state index in [-0.39, 0.29) is 11.4 Å². The molecule has 1 atom stereocenters. The molecule has 1 rings (SSSR count). The van der Waals surface area contributed by atoms with Gasteiger partial charge in [0.1, 0.15) is 4.90 Å². The number of aliphatic hydroxyl groups excluding tert-OH is 1. The molecule has 6 nitrogen and oxygen atoms in total. The Kier molecular flexibility index (Phi) is 3.83. The fourth-order valence-electron chi connectivity index (χ4n) is 1.04. The normalized spacial score (nSPS) is 14.1. The van der Waals surface area contributed by atoms with Crippen LogP contribution in [0.3, 0.4) is 0 Å². The van der Waals surface area contributed by atoms with Crippen LogP contribution >= 0.6 is 0 Å². The zero-order valence-electron chi connectivity index (χ0n) is 8.69. The first-order valence-corrected chi connectivity index (χ1v) is 6.13. The molecule has 0 amide bonds. The van der Waals surface area contributed by atoms with E-state index in [9.17, 15) is 13.5 Å². The molecule has 0 bridgehead atoms. The van der Waals surface area contributed by atoms with E-state index in [2.05, 4.69) is 14.9 Å². The number of hydrogen-bond acceptors (Lipinski definition) is 4. The van der Waals surface area contributed by atoms with Crippen LogP contribution in [0, 0.1) is 6.92 Å². The fourth-order valence-corrected chi connectivity index (χ4v) is 2.25. The van der Waals surface area contributed by atoms with Crippen LogP contribution in [-0.4, -0.2) is 36.4 Å². The fraction of sp³-hybridized carbons (Fsp3) is 0.625. The maximum absolute atomic E-state index is 11.7. The number of nitrogens with one attached hydrogen (secondary N) is 2. The predicted octanol–water partition coefficient (Wildman–Crippen LogP) is -0.233. The first-order chi connectivity index (χ1) is 6.97. The molecule has 0 saturated carbocycles. The lowest BCUT2D eigenvalue weighted by Gasteiger charge is -2.09. The van der Waals surface area contributed by atoms with Gasteiger partial charge in [0.15, 0.2) is 0 Å². The molecule has 1 aromatic rings. The Balaban J connectivity index is 2.73. The molecule has 1 heterocycles. The third kappa shape index (κ3) is 3.01. The lowest BCUT2D eigenvalue weighted by molar-refractivity contribution is 0.174. The van der Waals surface area contributed by atoms with Crippen molar-refractivity contribution in [3.63, 3.8) is 0 Å². The van der Waals surface area contributed by atoms with Crippen molar-refractivity contribution in [1.29, 1.82) is 0 Å². The highest BCUT2D eigenvalue weighted by Gasteiger charge is 2.18. The first-order valence-electron chi connectivity index (χ1n) is 4.65. The molecular formula is C8H15N3O3S. The second kappa shape index (κ2) is 4.73. The monoisotopic (exact) mass is 233 g/mol. The van der Waals surface area contributed by atoms with Crippen LogP contribution in [0.5, 0.6) is 0 Å². The largest absolute Gasteiger partial charge is 0.392 e. The Morgan fingerprint density at radius 3 is 2.80 bits per heavy atom. The summed E-state index contributed by atoms with van der Waals surface area (Å²) in [5.74, 6) is 0. The van der Waals surface area contributed by atoms with Crippen molar-refractivity contribution in [3.8, 4) is 0 Å². The summed E-state index contributed by atoms with van der Waals surface area (Å²) in [5, 5.41) is 15.4. The highest BCUT2D eigenvalue weighted by atomic mass is 32.2. The number of H-pyrrole nitrogens is 1. The Labute approximate surface area is 88.8 Å². The van der Waals surface area contributed by atoms with Gasteiger partial charge in [0.05, 0.1) is 18.0 Å². The van der Waals surface area contributed by atoms with Crippen molar-refractivity contribution in [2.24, 2.45) is 0 Å². The highest BCUT2D eigenvalue weighted by Crippen LogP contribution is 2.10. The van der Waals surface area contributed by atoms with Gasteiger partial charge in [-0.2, -0.15) is 5.10 Å². The van der Waals surface area contributed by atoms with Crippen LogP contribution in [0.15, 0.2) is 11.1 Å². The average Bonchev–Trinajstić information content (AvgIpc) is 2.61. The maximum atomic E-state index is 11.7. The second-order valence-electron chi connectivity index (χ2n) is 3.27. The van der Waals surface area contributed by atoms with Crippen molar-refractivity contribution >= 4 is 10.0 Å². The number of nitrogens with zero attached hydrogens (tertiary/aromatic N) is 1. The SMILES string of the molecule is CCC(O)CNS(=O)(=O)c1cn[nH]c1C. The summed E-state index contributed by atoms with van der Waals surface area (Å²) in [6, 6.07) is 0. The molecule has 0 aromatic carbocycles. The molecule has 0 radical (unpaired) electrons. The Morgan fingerprint density at radius 2 is 2.33 bits per heavy atom.